The maximum absolute atomic E-state index is 12.4. The molecule has 1 saturated heterocycles. The van der Waals surface area contributed by atoms with Crippen LogP contribution >= 0.6 is 0 Å². The van der Waals surface area contributed by atoms with Gasteiger partial charge in [-0.05, 0) is 24.8 Å². The van der Waals surface area contributed by atoms with Gasteiger partial charge in [-0.25, -0.2) is 0 Å². The molecule has 1 amide bonds. The molecule has 4 nitrogen and oxygen atoms in total. The predicted octanol–water partition coefficient (Wildman–Crippen LogP) is 1.90. The zero-order chi connectivity index (χ0) is 13.1. The number of hydrogen-bond donors (Lipinski definition) is 1. The summed E-state index contributed by atoms with van der Waals surface area (Å²) in [6.07, 6.45) is 2.04. The third-order valence-electron chi connectivity index (χ3n) is 3.24. The first-order chi connectivity index (χ1) is 8.69. The number of amides is 1. The molecule has 0 saturated carbocycles. The Balaban J connectivity index is 2.27. The summed E-state index contributed by atoms with van der Waals surface area (Å²) >= 11 is 0. The minimum atomic E-state index is -0.572. The second-order valence-electron chi connectivity index (χ2n) is 4.22. The number of carbonyl (C=O) groups is 2. The van der Waals surface area contributed by atoms with Gasteiger partial charge in [0.25, 0.3) is 0 Å². The van der Waals surface area contributed by atoms with E-state index in [1.807, 2.05) is 12.1 Å². The Labute approximate surface area is 106 Å². The van der Waals surface area contributed by atoms with Crippen molar-refractivity contribution in [2.45, 2.75) is 6.42 Å². The van der Waals surface area contributed by atoms with E-state index in [1.165, 1.54) is 11.1 Å². The lowest BCUT2D eigenvalue weighted by Crippen LogP contribution is -2.26. The van der Waals surface area contributed by atoms with Crippen LogP contribution in [0.5, 0.6) is 0 Å². The van der Waals surface area contributed by atoms with E-state index in [-0.39, 0.29) is 11.7 Å². The Kier molecular flexibility index (Phi) is 3.46. The summed E-state index contributed by atoms with van der Waals surface area (Å²) in [7, 11) is 1.76. The van der Waals surface area contributed by atoms with Crippen LogP contribution in [0.1, 0.15) is 16.8 Å². The zero-order valence-electron chi connectivity index (χ0n) is 10.3. The largest absolute Gasteiger partial charge is 0.388 e. The van der Waals surface area contributed by atoms with Crippen molar-refractivity contribution >= 4 is 17.4 Å². The van der Waals surface area contributed by atoms with Gasteiger partial charge in [0.1, 0.15) is 5.92 Å². The number of nitrogens with one attached hydrogen (secondary N) is 1. The van der Waals surface area contributed by atoms with Gasteiger partial charge in [0.2, 0.25) is 5.91 Å². The number of likely N-dealkylation sites (tertiary alicyclic amines) is 1. The van der Waals surface area contributed by atoms with Crippen molar-refractivity contribution in [1.82, 2.24) is 4.90 Å². The first kappa shape index (κ1) is 12.4. The van der Waals surface area contributed by atoms with Crippen LogP contribution < -0.4 is 5.32 Å². The van der Waals surface area contributed by atoms with Gasteiger partial charge in [-0.2, -0.15) is 0 Å². The molecule has 0 aliphatic carbocycles. The third-order valence-corrected chi connectivity index (χ3v) is 3.24. The van der Waals surface area contributed by atoms with Crippen molar-refractivity contribution in [1.29, 1.82) is 0 Å². The van der Waals surface area contributed by atoms with Gasteiger partial charge in [-0.1, -0.05) is 18.7 Å². The normalized spacial score (nSPS) is 18.8. The van der Waals surface area contributed by atoms with Crippen LogP contribution in [0.2, 0.25) is 0 Å². The number of ketones is 1. The molecule has 0 aromatic heterocycles. The van der Waals surface area contributed by atoms with Gasteiger partial charge >= 0.3 is 0 Å². The molecule has 1 N–H and O–H groups in total. The lowest BCUT2D eigenvalue weighted by atomic mass is 9.95. The van der Waals surface area contributed by atoms with Crippen LogP contribution in [0.15, 0.2) is 37.0 Å². The molecule has 2 rings (SSSR count). The number of anilines is 1. The van der Waals surface area contributed by atoms with E-state index in [0.717, 1.165) is 5.69 Å². The number of nitrogens with zero attached hydrogens (tertiary/aromatic N) is 1. The van der Waals surface area contributed by atoms with Crippen molar-refractivity contribution in [2.75, 3.05) is 18.9 Å². The molecule has 18 heavy (non-hydrogen) atoms. The molecule has 1 unspecified atom stereocenters. The predicted molar refractivity (Wildman–Crippen MR) is 70.3 cm³/mol. The Morgan fingerprint density at radius 2 is 2.22 bits per heavy atom. The number of carbonyl (C=O) groups excluding carboxylic acids is 2. The minimum absolute atomic E-state index is 0.116. The third kappa shape index (κ3) is 2.01. The highest BCUT2D eigenvalue weighted by Gasteiger charge is 2.36. The quantitative estimate of drug-likeness (QED) is 0.650. The van der Waals surface area contributed by atoms with Gasteiger partial charge in [0.05, 0.1) is 0 Å². The van der Waals surface area contributed by atoms with E-state index in [4.69, 9.17) is 0 Å². The van der Waals surface area contributed by atoms with Crippen molar-refractivity contribution in [2.24, 2.45) is 5.92 Å². The fourth-order valence-electron chi connectivity index (χ4n) is 2.23. The number of rotatable bonds is 4. The van der Waals surface area contributed by atoms with Gasteiger partial charge < -0.3 is 10.2 Å². The molecular formula is C14H16N2O2. The Hall–Kier alpha value is -2.10. The van der Waals surface area contributed by atoms with E-state index < -0.39 is 5.92 Å². The fraction of sp³-hybridized carbons (Fsp3) is 0.286. The average Bonchev–Trinajstić information content (AvgIpc) is 2.79. The molecule has 1 heterocycles. The second kappa shape index (κ2) is 5.04. The first-order valence-electron chi connectivity index (χ1n) is 5.93. The van der Waals surface area contributed by atoms with E-state index in [2.05, 4.69) is 11.9 Å². The Morgan fingerprint density at radius 3 is 2.83 bits per heavy atom. The molecular weight excluding hydrogens is 228 g/mol. The highest BCUT2D eigenvalue weighted by molar-refractivity contribution is 6.13. The van der Waals surface area contributed by atoms with Crippen molar-refractivity contribution < 1.29 is 9.59 Å². The monoisotopic (exact) mass is 244 g/mol. The van der Waals surface area contributed by atoms with Crippen LogP contribution in [0.3, 0.4) is 0 Å². The second-order valence-corrected chi connectivity index (χ2v) is 4.22. The van der Waals surface area contributed by atoms with Crippen molar-refractivity contribution in [3.05, 3.63) is 42.6 Å². The van der Waals surface area contributed by atoms with Crippen LogP contribution in [0.4, 0.5) is 5.69 Å². The summed E-state index contributed by atoms with van der Waals surface area (Å²) in [5.74, 6) is -0.840. The summed E-state index contributed by atoms with van der Waals surface area (Å²) in [5, 5.41) is 2.97. The molecule has 1 aromatic rings. The Bertz CT molecular complexity index is 496. The van der Waals surface area contributed by atoms with Crippen LogP contribution in [0, 0.1) is 5.92 Å². The van der Waals surface area contributed by atoms with Gasteiger partial charge in [-0.15, -0.1) is 0 Å². The van der Waals surface area contributed by atoms with Gasteiger partial charge in [-0.3, -0.25) is 9.59 Å². The summed E-state index contributed by atoms with van der Waals surface area (Å²) in [4.78, 5) is 25.8. The summed E-state index contributed by atoms with van der Waals surface area (Å²) < 4.78 is 0. The standard InChI is InChI=1S/C14H16N2O2/c1-3-16-9-8-11(14(16)18)13(17)10-6-4-5-7-12(10)15-2/h3-7,11,15H,1,8-9H2,2H3. The smallest absolute Gasteiger partial charge is 0.237 e. The van der Waals surface area contributed by atoms with E-state index in [0.29, 0.717) is 18.5 Å². The molecule has 94 valence electrons. The maximum atomic E-state index is 12.4. The van der Waals surface area contributed by atoms with Crippen LogP contribution in [-0.4, -0.2) is 30.2 Å². The molecule has 1 aromatic carbocycles. The molecule has 1 fully saturated rings. The van der Waals surface area contributed by atoms with Gasteiger partial charge in [0, 0.05) is 24.8 Å². The molecule has 1 aliphatic rings. The first-order valence-corrected chi connectivity index (χ1v) is 5.93. The maximum Gasteiger partial charge on any atom is 0.237 e. The Morgan fingerprint density at radius 1 is 1.50 bits per heavy atom. The summed E-state index contributed by atoms with van der Waals surface area (Å²) in [5.41, 5.74) is 1.33. The topological polar surface area (TPSA) is 49.4 Å². The number of para-hydroxylation sites is 1. The molecule has 4 heteroatoms. The van der Waals surface area contributed by atoms with Gasteiger partial charge in [0.15, 0.2) is 5.78 Å². The highest BCUT2D eigenvalue weighted by atomic mass is 16.2. The minimum Gasteiger partial charge on any atom is -0.388 e. The molecule has 1 atom stereocenters. The zero-order valence-corrected chi connectivity index (χ0v) is 10.3. The summed E-state index contributed by atoms with van der Waals surface area (Å²) in [6, 6.07) is 7.24. The SMILES string of the molecule is C=CN1CCC(C(=O)c2ccccc2NC)C1=O. The van der Waals surface area contributed by atoms with Crippen molar-refractivity contribution in [3.63, 3.8) is 0 Å². The number of Topliss-reactive ketones (excluding diaryl/α,β-unsaturated/α-hetero) is 1. The molecule has 1 aliphatic heterocycles. The van der Waals surface area contributed by atoms with E-state index >= 15 is 0 Å². The molecule has 0 bridgehead atoms. The molecule has 0 radical (unpaired) electrons. The fourth-order valence-corrected chi connectivity index (χ4v) is 2.23. The highest BCUT2D eigenvalue weighted by Crippen LogP contribution is 2.25. The average molecular weight is 244 g/mol. The van der Waals surface area contributed by atoms with E-state index in [9.17, 15) is 9.59 Å². The summed E-state index contributed by atoms with van der Waals surface area (Å²) in [6.45, 7) is 4.14. The van der Waals surface area contributed by atoms with Crippen molar-refractivity contribution in [3.8, 4) is 0 Å². The number of benzene rings is 1. The van der Waals surface area contributed by atoms with E-state index in [1.54, 1.807) is 19.2 Å². The lowest BCUT2D eigenvalue weighted by Gasteiger charge is -2.12. The van der Waals surface area contributed by atoms with Crippen LogP contribution in [0.25, 0.3) is 0 Å². The van der Waals surface area contributed by atoms with Crippen LogP contribution in [-0.2, 0) is 4.79 Å². The molecule has 0 spiro atoms. The lowest BCUT2D eigenvalue weighted by molar-refractivity contribution is -0.127. The number of hydrogen-bond acceptors (Lipinski definition) is 3.